The van der Waals surface area contributed by atoms with E-state index in [9.17, 15) is 0 Å². The van der Waals surface area contributed by atoms with E-state index in [-0.39, 0.29) is 0 Å². The van der Waals surface area contributed by atoms with E-state index in [1.165, 1.54) is 10.4 Å². The molecular weight excluding hydrogens is 236 g/mol. The average molecular weight is 244 g/mol. The van der Waals surface area contributed by atoms with E-state index in [4.69, 9.17) is 16.3 Å². The van der Waals surface area contributed by atoms with Crippen LogP contribution in [0.3, 0.4) is 0 Å². The van der Waals surface area contributed by atoms with Crippen LogP contribution in [0.15, 0.2) is 30.3 Å². The molecule has 0 atom stereocenters. The van der Waals surface area contributed by atoms with Crippen LogP contribution in [0.4, 0.5) is 0 Å². The van der Waals surface area contributed by atoms with Gasteiger partial charge in [-0.1, -0.05) is 11.6 Å². The van der Waals surface area contributed by atoms with Crippen molar-refractivity contribution < 1.29 is 4.74 Å². The zero-order chi connectivity index (χ0) is 9.97. The average Bonchev–Trinajstić information content (AvgIpc) is 2.65. The minimum absolute atomic E-state index is 0.834. The Balaban J connectivity index is 2.33. The topological polar surface area (TPSA) is 9.23 Å². The number of hydrogen-bond donors (Lipinski definition) is 0. The predicted octanol–water partition coefficient (Wildman–Crippen LogP) is 4.42. The van der Waals surface area contributed by atoms with Gasteiger partial charge in [-0.25, -0.2) is 0 Å². The third-order valence-corrected chi connectivity index (χ3v) is 4.67. The lowest BCUT2D eigenvalue weighted by Gasteiger charge is -1.97. The smallest absolute Gasteiger partial charge is 0.302 e. The van der Waals surface area contributed by atoms with Gasteiger partial charge in [-0.05, 0) is 24.3 Å². The Morgan fingerprint density at radius 3 is 2.50 bits per heavy atom. The van der Waals surface area contributed by atoms with Crippen LogP contribution < -0.4 is 4.74 Å². The van der Waals surface area contributed by atoms with Crippen LogP contribution in [0.5, 0.6) is 5.75 Å². The van der Waals surface area contributed by atoms with Gasteiger partial charge in [0.2, 0.25) is 0 Å². The van der Waals surface area contributed by atoms with Gasteiger partial charge in [0.1, 0.15) is 5.75 Å². The number of hydrogen-bond acceptors (Lipinski definition) is 2. The van der Waals surface area contributed by atoms with Crippen molar-refractivity contribution in [2.45, 2.75) is 0 Å². The van der Waals surface area contributed by atoms with Crippen LogP contribution >= 0.6 is 32.3 Å². The maximum Gasteiger partial charge on any atom is 0.302 e. The second-order valence-corrected chi connectivity index (χ2v) is 5.55. The number of rotatable bonds is 2. The fraction of sp³-hybridized carbons (Fsp3) is 0.100. The highest BCUT2D eigenvalue weighted by Gasteiger charge is 2.14. The molecule has 0 amide bonds. The summed E-state index contributed by atoms with van der Waals surface area (Å²) in [6.07, 6.45) is 0. The molecule has 1 nitrogen and oxygen atoms in total. The lowest BCUT2D eigenvalue weighted by atomic mass is 10.2. The van der Waals surface area contributed by atoms with Gasteiger partial charge in [0, 0.05) is 11.6 Å². The van der Waals surface area contributed by atoms with Crippen molar-refractivity contribution in [3.05, 3.63) is 34.7 Å². The fourth-order valence-electron chi connectivity index (χ4n) is 1.12. The van der Waals surface area contributed by atoms with E-state index < -0.39 is 0 Å². The molecule has 0 unspecified atom stereocenters. The van der Waals surface area contributed by atoms with Crippen LogP contribution in [0.1, 0.15) is 0 Å². The van der Waals surface area contributed by atoms with Gasteiger partial charge in [-0.2, -0.15) is 0 Å². The second-order valence-electron chi connectivity index (χ2n) is 2.71. The predicted molar refractivity (Wildman–Crippen MR) is 63.6 cm³/mol. The van der Waals surface area contributed by atoms with E-state index in [2.05, 4.69) is 0 Å². The van der Waals surface area contributed by atoms with Crippen molar-refractivity contribution in [2.24, 2.45) is 0 Å². The van der Waals surface area contributed by atoms with Gasteiger partial charge >= 0.3 is 10.3 Å². The molecule has 0 fully saturated rings. The molecule has 14 heavy (non-hydrogen) atoms. The molecular formula is C10H8ClOS2+. The summed E-state index contributed by atoms with van der Waals surface area (Å²) in [7, 11) is 4.94. The summed E-state index contributed by atoms with van der Waals surface area (Å²) >= 11 is 5.87. The normalized spacial score (nSPS) is 10.1. The number of methoxy groups -OCH3 is 1. The lowest BCUT2D eigenvalue weighted by molar-refractivity contribution is 0.415. The van der Waals surface area contributed by atoms with E-state index in [0.717, 1.165) is 10.1 Å². The molecule has 2 rings (SSSR count). The van der Waals surface area contributed by atoms with Crippen molar-refractivity contribution in [1.82, 2.24) is 0 Å². The van der Waals surface area contributed by atoms with Gasteiger partial charge in [-0.15, -0.1) is 0 Å². The first-order chi connectivity index (χ1) is 6.79. The van der Waals surface area contributed by atoms with E-state index in [1.807, 2.05) is 30.3 Å². The third kappa shape index (κ3) is 2.05. The Morgan fingerprint density at radius 1 is 1.29 bits per heavy atom. The van der Waals surface area contributed by atoms with Gasteiger partial charge in [0.05, 0.1) is 7.11 Å². The maximum absolute atomic E-state index is 5.87. The summed E-state index contributed by atoms with van der Waals surface area (Å²) in [6.45, 7) is 0. The Hall–Kier alpha value is -0.640. The van der Waals surface area contributed by atoms with Gasteiger partial charge in [0.25, 0.3) is 4.88 Å². The van der Waals surface area contributed by atoms with Gasteiger partial charge in [-0.3, -0.25) is 0 Å². The van der Waals surface area contributed by atoms with E-state index in [1.54, 1.807) is 27.8 Å². The largest absolute Gasteiger partial charge is 0.497 e. The highest BCUT2D eigenvalue weighted by molar-refractivity contribution is 7.71. The molecule has 0 saturated carbocycles. The molecule has 1 aromatic heterocycles. The van der Waals surface area contributed by atoms with Crippen molar-refractivity contribution in [3.63, 3.8) is 0 Å². The molecule has 1 aromatic carbocycles. The first-order valence-electron chi connectivity index (χ1n) is 4.02. The van der Waals surface area contributed by atoms with Crippen LogP contribution in [0.2, 0.25) is 4.34 Å². The molecule has 0 aliphatic heterocycles. The maximum atomic E-state index is 5.87. The SMILES string of the molecule is COc1ccc(-c2cc(Cl)s[s+]2)cc1. The van der Waals surface area contributed by atoms with Crippen molar-refractivity contribution in [3.8, 4) is 16.2 Å². The molecule has 0 N–H and O–H groups in total. The molecule has 0 aliphatic carbocycles. The minimum Gasteiger partial charge on any atom is -0.497 e. The Bertz CT molecular complexity index is 422. The molecule has 0 bridgehead atoms. The van der Waals surface area contributed by atoms with Crippen molar-refractivity contribution in [2.75, 3.05) is 7.11 Å². The minimum atomic E-state index is 0.834. The van der Waals surface area contributed by atoms with Crippen LogP contribution in [-0.4, -0.2) is 7.11 Å². The number of ether oxygens (including phenoxy) is 1. The molecule has 4 heteroatoms. The summed E-state index contributed by atoms with van der Waals surface area (Å²) in [5.41, 5.74) is 1.18. The van der Waals surface area contributed by atoms with Gasteiger partial charge < -0.3 is 4.74 Å². The van der Waals surface area contributed by atoms with Crippen LogP contribution in [0, 0.1) is 0 Å². The molecule has 0 radical (unpaired) electrons. The van der Waals surface area contributed by atoms with Crippen molar-refractivity contribution in [1.29, 1.82) is 0 Å². The molecule has 2 aromatic rings. The number of halogens is 1. The lowest BCUT2D eigenvalue weighted by Crippen LogP contribution is -1.81. The Kier molecular flexibility index (Phi) is 3.01. The second kappa shape index (κ2) is 4.26. The summed E-state index contributed by atoms with van der Waals surface area (Å²) in [5, 5.41) is 0. The summed E-state index contributed by atoms with van der Waals surface area (Å²) in [5.74, 6) is 0.875. The summed E-state index contributed by atoms with van der Waals surface area (Å²) < 4.78 is 5.92. The van der Waals surface area contributed by atoms with E-state index >= 15 is 0 Å². The summed E-state index contributed by atoms with van der Waals surface area (Å²) in [6, 6.07) is 9.96. The Labute approximate surface area is 94.9 Å². The third-order valence-electron chi connectivity index (χ3n) is 1.83. The Morgan fingerprint density at radius 2 is 2.00 bits per heavy atom. The number of benzene rings is 1. The molecule has 0 saturated heterocycles. The first-order valence-corrected chi connectivity index (χ1v) is 6.55. The highest BCUT2D eigenvalue weighted by atomic mass is 35.5. The monoisotopic (exact) mass is 243 g/mol. The standard InChI is InChI=1S/C10H8ClOS2/c1-12-8-4-2-7(3-5-8)9-6-10(11)14-13-9/h2-6H,1H3/q+1. The molecule has 1 heterocycles. The molecule has 0 spiro atoms. The molecule has 72 valence electrons. The van der Waals surface area contributed by atoms with E-state index in [0.29, 0.717) is 0 Å². The summed E-state index contributed by atoms with van der Waals surface area (Å²) in [4.78, 5) is 1.20. The quantitative estimate of drug-likeness (QED) is 0.561. The highest BCUT2D eigenvalue weighted by Crippen LogP contribution is 2.34. The van der Waals surface area contributed by atoms with Gasteiger partial charge in [0.15, 0.2) is 14.7 Å². The fourth-order valence-corrected chi connectivity index (χ4v) is 3.47. The van der Waals surface area contributed by atoms with Crippen LogP contribution in [-0.2, 0) is 0 Å². The van der Waals surface area contributed by atoms with Crippen molar-refractivity contribution >= 4 is 32.3 Å². The molecule has 0 aliphatic rings. The first kappa shape index (κ1) is 9.90. The van der Waals surface area contributed by atoms with Crippen LogP contribution in [0.25, 0.3) is 10.4 Å². The zero-order valence-corrected chi connectivity index (χ0v) is 9.88. The zero-order valence-electron chi connectivity index (χ0n) is 7.49.